The highest BCUT2D eigenvalue weighted by molar-refractivity contribution is 7.92. The second-order valence-corrected chi connectivity index (χ2v) is 9.00. The first-order valence-electron chi connectivity index (χ1n) is 7.43. The van der Waals surface area contributed by atoms with E-state index in [0.29, 0.717) is 12.1 Å². The third-order valence-corrected chi connectivity index (χ3v) is 5.92. The molecule has 0 bridgehead atoms. The number of hydrogen-bond donors (Lipinski definition) is 2. The highest BCUT2D eigenvalue weighted by atomic mass is 32.2. The smallest absolute Gasteiger partial charge is 0.234 e. The monoisotopic (exact) mass is 368 g/mol. The lowest BCUT2D eigenvalue weighted by molar-refractivity contribution is 0.581. The van der Waals surface area contributed by atoms with Gasteiger partial charge in [0.2, 0.25) is 20.0 Å². The molecule has 8 heteroatoms. The van der Waals surface area contributed by atoms with E-state index in [4.69, 9.17) is 0 Å². The van der Waals surface area contributed by atoms with Crippen LogP contribution >= 0.6 is 0 Å². The number of para-hydroxylation sites is 1. The molecule has 0 saturated carbocycles. The molecule has 0 unspecified atom stereocenters. The van der Waals surface area contributed by atoms with E-state index in [1.807, 2.05) is 30.3 Å². The van der Waals surface area contributed by atoms with Crippen LogP contribution in [0, 0.1) is 0 Å². The molecule has 0 fully saturated rings. The first-order chi connectivity index (χ1) is 11.4. The van der Waals surface area contributed by atoms with Gasteiger partial charge in [-0.15, -0.1) is 0 Å². The summed E-state index contributed by atoms with van der Waals surface area (Å²) in [7, 11) is -7.12. The van der Waals surface area contributed by atoms with Crippen molar-refractivity contribution in [3.05, 3.63) is 66.2 Å². The molecule has 2 N–H and O–H groups in total. The van der Waals surface area contributed by atoms with E-state index >= 15 is 0 Å². The molecule has 0 aliphatic heterocycles. The maximum absolute atomic E-state index is 11.9. The Morgan fingerprint density at radius 2 is 1.29 bits per heavy atom. The van der Waals surface area contributed by atoms with Crippen LogP contribution in [-0.2, 0) is 26.5 Å². The zero-order valence-corrected chi connectivity index (χ0v) is 14.7. The van der Waals surface area contributed by atoms with Gasteiger partial charge >= 0.3 is 0 Å². The number of rotatable bonds is 9. The number of sulfonamides is 2. The zero-order chi connectivity index (χ0) is 17.5. The van der Waals surface area contributed by atoms with Crippen LogP contribution in [0.5, 0.6) is 0 Å². The fourth-order valence-corrected chi connectivity index (χ4v) is 4.20. The minimum Gasteiger partial charge on any atom is -0.284 e. The quantitative estimate of drug-likeness (QED) is 0.703. The fraction of sp³-hybridized carbons (Fsp3) is 0.250. The van der Waals surface area contributed by atoms with E-state index in [1.54, 1.807) is 30.3 Å². The second-order valence-electron chi connectivity index (χ2n) is 5.24. The van der Waals surface area contributed by atoms with E-state index in [2.05, 4.69) is 9.44 Å². The summed E-state index contributed by atoms with van der Waals surface area (Å²) in [6.45, 7) is -0.167. The molecule has 0 atom stereocenters. The molecule has 0 radical (unpaired) electrons. The standard InChI is InChI=1S/C16H20N2O4S2/c19-23(20,13-11-15-7-3-1-4-8-15)17-12-14-24(21,22)18-16-9-5-2-6-10-16/h1-10,17-18H,11-14H2. The molecule has 0 heterocycles. The van der Waals surface area contributed by atoms with E-state index in [9.17, 15) is 16.8 Å². The zero-order valence-electron chi connectivity index (χ0n) is 13.1. The third-order valence-electron chi connectivity index (χ3n) is 3.24. The number of benzene rings is 2. The summed E-state index contributed by atoms with van der Waals surface area (Å²) < 4.78 is 52.4. The van der Waals surface area contributed by atoms with Gasteiger partial charge in [-0.3, -0.25) is 4.72 Å². The average molecular weight is 368 g/mol. The Labute approximate surface area is 143 Å². The summed E-state index contributed by atoms with van der Waals surface area (Å²) in [5.41, 5.74) is 1.37. The van der Waals surface area contributed by atoms with Crippen LogP contribution in [0.3, 0.4) is 0 Å². The van der Waals surface area contributed by atoms with Gasteiger partial charge in [-0.2, -0.15) is 0 Å². The number of nitrogens with one attached hydrogen (secondary N) is 2. The van der Waals surface area contributed by atoms with E-state index in [0.717, 1.165) is 5.56 Å². The third kappa shape index (κ3) is 6.69. The van der Waals surface area contributed by atoms with Crippen molar-refractivity contribution in [2.45, 2.75) is 6.42 Å². The van der Waals surface area contributed by atoms with Crippen molar-refractivity contribution >= 4 is 25.7 Å². The fourth-order valence-electron chi connectivity index (χ4n) is 2.04. The van der Waals surface area contributed by atoms with Crippen LogP contribution in [-0.4, -0.2) is 34.9 Å². The van der Waals surface area contributed by atoms with Crippen molar-refractivity contribution in [3.63, 3.8) is 0 Å². The predicted octanol–water partition coefficient (Wildman–Crippen LogP) is 1.59. The van der Waals surface area contributed by atoms with Crippen molar-refractivity contribution in [1.82, 2.24) is 4.72 Å². The molecule has 0 aliphatic rings. The van der Waals surface area contributed by atoms with Gasteiger partial charge in [0.25, 0.3) is 0 Å². The Hall–Kier alpha value is -1.90. The van der Waals surface area contributed by atoms with Gasteiger partial charge in [0.05, 0.1) is 11.5 Å². The Bertz CT molecular complexity index is 836. The van der Waals surface area contributed by atoms with Crippen LogP contribution in [0.2, 0.25) is 0 Å². The molecule has 2 aromatic rings. The summed E-state index contributed by atoms with van der Waals surface area (Å²) in [5, 5.41) is 0. The van der Waals surface area contributed by atoms with E-state index in [1.165, 1.54) is 0 Å². The molecule has 130 valence electrons. The lowest BCUT2D eigenvalue weighted by Crippen LogP contribution is -2.33. The number of hydrogen-bond acceptors (Lipinski definition) is 4. The minimum absolute atomic E-state index is 0.0802. The molecule has 0 spiro atoms. The van der Waals surface area contributed by atoms with Crippen LogP contribution in [0.15, 0.2) is 60.7 Å². The molecular weight excluding hydrogens is 348 g/mol. The number of anilines is 1. The maximum Gasteiger partial charge on any atom is 0.234 e. The van der Waals surface area contributed by atoms with Gasteiger partial charge in [0.1, 0.15) is 0 Å². The SMILES string of the molecule is O=S(=O)(CCc1ccccc1)NCCS(=O)(=O)Nc1ccccc1. The second kappa shape index (κ2) is 8.27. The van der Waals surface area contributed by atoms with Crippen molar-refractivity contribution < 1.29 is 16.8 Å². The van der Waals surface area contributed by atoms with Crippen molar-refractivity contribution in [2.75, 3.05) is 22.8 Å². The van der Waals surface area contributed by atoms with Crippen molar-refractivity contribution in [1.29, 1.82) is 0 Å². The summed E-state index contributed by atoms with van der Waals surface area (Å²) in [4.78, 5) is 0. The Kier molecular flexibility index (Phi) is 6.36. The van der Waals surface area contributed by atoms with E-state index < -0.39 is 20.0 Å². The first kappa shape index (κ1) is 18.4. The summed E-state index contributed by atoms with van der Waals surface area (Å²) >= 11 is 0. The molecule has 0 aliphatic carbocycles. The van der Waals surface area contributed by atoms with Crippen molar-refractivity contribution in [2.24, 2.45) is 0 Å². The van der Waals surface area contributed by atoms with Crippen molar-refractivity contribution in [3.8, 4) is 0 Å². The van der Waals surface area contributed by atoms with Gasteiger partial charge < -0.3 is 0 Å². The molecule has 6 nitrogen and oxygen atoms in total. The van der Waals surface area contributed by atoms with Crippen LogP contribution < -0.4 is 9.44 Å². The highest BCUT2D eigenvalue weighted by Gasteiger charge is 2.14. The molecule has 24 heavy (non-hydrogen) atoms. The normalized spacial score (nSPS) is 12.0. The van der Waals surface area contributed by atoms with Gasteiger partial charge in [-0.1, -0.05) is 48.5 Å². The van der Waals surface area contributed by atoms with Crippen LogP contribution in [0.1, 0.15) is 5.56 Å². The summed E-state index contributed by atoms with van der Waals surface area (Å²) in [5.74, 6) is -0.407. The average Bonchev–Trinajstić information content (AvgIpc) is 2.54. The predicted molar refractivity (Wildman–Crippen MR) is 95.8 cm³/mol. The first-order valence-corrected chi connectivity index (χ1v) is 10.7. The lowest BCUT2D eigenvalue weighted by Gasteiger charge is -2.09. The topological polar surface area (TPSA) is 92.3 Å². The van der Waals surface area contributed by atoms with Gasteiger partial charge in [0.15, 0.2) is 0 Å². The highest BCUT2D eigenvalue weighted by Crippen LogP contribution is 2.07. The molecular formula is C16H20N2O4S2. The molecule has 2 rings (SSSR count). The Morgan fingerprint density at radius 3 is 1.92 bits per heavy atom. The largest absolute Gasteiger partial charge is 0.284 e. The molecule has 2 aromatic carbocycles. The maximum atomic E-state index is 11.9. The summed E-state index contributed by atoms with van der Waals surface area (Å²) in [6.07, 6.45) is 0.380. The molecule has 0 saturated heterocycles. The van der Waals surface area contributed by atoms with Gasteiger partial charge in [-0.05, 0) is 24.1 Å². The van der Waals surface area contributed by atoms with E-state index in [-0.39, 0.29) is 18.1 Å². The molecule has 0 amide bonds. The van der Waals surface area contributed by atoms with Crippen LogP contribution in [0.4, 0.5) is 5.69 Å². The van der Waals surface area contributed by atoms with Gasteiger partial charge in [0, 0.05) is 12.2 Å². The lowest BCUT2D eigenvalue weighted by atomic mass is 10.2. The van der Waals surface area contributed by atoms with Gasteiger partial charge in [-0.25, -0.2) is 21.6 Å². The van der Waals surface area contributed by atoms with Crippen LogP contribution in [0.25, 0.3) is 0 Å². The Balaban J connectivity index is 1.79. The molecule has 0 aromatic heterocycles. The Morgan fingerprint density at radius 1 is 0.708 bits per heavy atom. The summed E-state index contributed by atoms with van der Waals surface area (Å²) in [6, 6.07) is 17.7. The minimum atomic E-state index is -3.60. The number of aryl methyl sites for hydroxylation is 1.